The van der Waals surface area contributed by atoms with Crippen molar-refractivity contribution in [3.63, 3.8) is 0 Å². The Balaban J connectivity index is 0.00000261. The van der Waals surface area contributed by atoms with Crippen LogP contribution in [0.2, 0.25) is 5.02 Å². The van der Waals surface area contributed by atoms with Crippen molar-refractivity contribution < 1.29 is 22.6 Å². The van der Waals surface area contributed by atoms with Crippen molar-refractivity contribution in [1.29, 1.82) is 0 Å². The van der Waals surface area contributed by atoms with Gasteiger partial charge in [-0.1, -0.05) is 18.0 Å². The molecule has 2 heterocycles. The molecule has 2 fully saturated rings. The maximum Gasteiger partial charge on any atom is 0.417 e. The molecule has 3 rings (SSSR count). The number of hydrogen-bond donors (Lipinski definition) is 2. The van der Waals surface area contributed by atoms with Crippen LogP contribution in [0.4, 0.5) is 13.2 Å². The molecule has 2 aliphatic rings. The van der Waals surface area contributed by atoms with Gasteiger partial charge < -0.3 is 20.1 Å². The maximum absolute atomic E-state index is 12.6. The quantitative estimate of drug-likeness (QED) is 0.679. The zero-order valence-corrected chi connectivity index (χ0v) is 16.3. The van der Waals surface area contributed by atoms with Crippen LogP contribution in [-0.4, -0.2) is 50.0 Å². The van der Waals surface area contributed by atoms with E-state index in [1.807, 2.05) is 0 Å². The van der Waals surface area contributed by atoms with Crippen molar-refractivity contribution in [2.45, 2.75) is 37.5 Å². The zero-order valence-electron chi connectivity index (χ0n) is 14.7. The van der Waals surface area contributed by atoms with E-state index in [2.05, 4.69) is 15.6 Å². The number of halogens is 5. The summed E-state index contributed by atoms with van der Waals surface area (Å²) in [7, 11) is 0. The Morgan fingerprint density at radius 3 is 2.85 bits per heavy atom. The summed E-state index contributed by atoms with van der Waals surface area (Å²) < 4.78 is 48.8. The average molecular weight is 430 g/mol. The fraction of sp³-hybridized carbons (Fsp3) is 0.706. The van der Waals surface area contributed by atoms with Crippen LogP contribution in [0, 0.1) is 5.92 Å². The molecule has 1 aromatic heterocycles. The molecule has 154 valence electrons. The van der Waals surface area contributed by atoms with Gasteiger partial charge in [-0.15, -0.1) is 12.4 Å². The summed E-state index contributed by atoms with van der Waals surface area (Å²) in [5, 5.41) is 6.86. The highest BCUT2D eigenvalue weighted by Gasteiger charge is 2.34. The van der Waals surface area contributed by atoms with E-state index in [4.69, 9.17) is 21.1 Å². The number of alkyl halides is 3. The van der Waals surface area contributed by atoms with Gasteiger partial charge in [0.25, 0.3) is 0 Å². The second-order valence-corrected chi connectivity index (χ2v) is 7.06. The number of nitrogens with zero attached hydrogens (tertiary/aromatic N) is 1. The Morgan fingerprint density at radius 2 is 2.19 bits per heavy atom. The molecule has 1 saturated heterocycles. The third-order valence-electron chi connectivity index (χ3n) is 4.92. The lowest BCUT2D eigenvalue weighted by Crippen LogP contribution is -2.51. The van der Waals surface area contributed by atoms with Crippen molar-refractivity contribution >= 4 is 24.0 Å². The van der Waals surface area contributed by atoms with E-state index in [9.17, 15) is 13.2 Å². The van der Waals surface area contributed by atoms with Gasteiger partial charge in [0.2, 0.25) is 5.88 Å². The van der Waals surface area contributed by atoms with Gasteiger partial charge in [-0.3, -0.25) is 0 Å². The largest absolute Gasteiger partial charge is 0.475 e. The average Bonchev–Trinajstić information content (AvgIpc) is 3.08. The van der Waals surface area contributed by atoms with Gasteiger partial charge in [0.05, 0.1) is 18.8 Å². The summed E-state index contributed by atoms with van der Waals surface area (Å²) in [6.07, 6.45) is -0.302. The molecule has 0 aromatic carbocycles. The Morgan fingerprint density at radius 1 is 1.37 bits per heavy atom. The zero-order chi connectivity index (χ0) is 18.6. The van der Waals surface area contributed by atoms with E-state index in [-0.39, 0.29) is 29.9 Å². The highest BCUT2D eigenvalue weighted by atomic mass is 35.5. The minimum absolute atomic E-state index is 0. The van der Waals surface area contributed by atoms with E-state index >= 15 is 0 Å². The molecule has 1 saturated carbocycles. The summed E-state index contributed by atoms with van der Waals surface area (Å²) in [4.78, 5) is 3.67. The van der Waals surface area contributed by atoms with Crippen LogP contribution >= 0.6 is 24.0 Å². The lowest BCUT2D eigenvalue weighted by molar-refractivity contribution is -0.137. The van der Waals surface area contributed by atoms with Gasteiger partial charge in [-0.05, 0) is 24.8 Å². The van der Waals surface area contributed by atoms with E-state index in [1.165, 1.54) is 6.42 Å². The van der Waals surface area contributed by atoms with E-state index in [1.54, 1.807) is 0 Å². The molecule has 0 amide bonds. The molecule has 3 unspecified atom stereocenters. The first-order valence-electron chi connectivity index (χ1n) is 8.85. The molecular weight excluding hydrogens is 406 g/mol. The standard InChI is InChI=1S/C17H23ClF3N3O2.ClH/c18-13-8-11(17(19,20)21)9-24-16(13)26-7-5-22-14-3-1-2-12(14)15-10-25-6-4-23-15;/h8-9,12,14-15,22-23H,1-7,10H2;1H. The molecule has 5 nitrogen and oxygen atoms in total. The molecule has 0 radical (unpaired) electrons. The monoisotopic (exact) mass is 429 g/mol. The van der Waals surface area contributed by atoms with E-state index < -0.39 is 11.7 Å². The predicted octanol–water partition coefficient (Wildman–Crippen LogP) is 3.30. The SMILES string of the molecule is Cl.FC(F)(F)c1cnc(OCCNC2CCCC2C2COCCN2)c(Cl)c1. The number of nitrogens with one attached hydrogen (secondary N) is 2. The molecule has 1 aliphatic heterocycles. The first-order valence-corrected chi connectivity index (χ1v) is 9.23. The topological polar surface area (TPSA) is 55.4 Å². The third-order valence-corrected chi connectivity index (χ3v) is 5.19. The molecule has 0 bridgehead atoms. The smallest absolute Gasteiger partial charge is 0.417 e. The number of hydrogen-bond acceptors (Lipinski definition) is 5. The molecule has 2 N–H and O–H groups in total. The summed E-state index contributed by atoms with van der Waals surface area (Å²) in [6, 6.07) is 1.59. The van der Waals surface area contributed by atoms with Gasteiger partial charge in [-0.2, -0.15) is 13.2 Å². The van der Waals surface area contributed by atoms with Crippen molar-refractivity contribution in [2.24, 2.45) is 5.92 Å². The predicted molar refractivity (Wildman–Crippen MR) is 98.7 cm³/mol. The fourth-order valence-corrected chi connectivity index (χ4v) is 3.88. The Kier molecular flexibility index (Phi) is 8.42. The van der Waals surface area contributed by atoms with Crippen molar-refractivity contribution in [3.8, 4) is 5.88 Å². The normalized spacial score (nSPS) is 25.9. The van der Waals surface area contributed by atoms with Crippen molar-refractivity contribution in [2.75, 3.05) is 32.9 Å². The molecule has 10 heteroatoms. The highest BCUT2D eigenvalue weighted by molar-refractivity contribution is 6.31. The van der Waals surface area contributed by atoms with Gasteiger partial charge in [-0.25, -0.2) is 4.98 Å². The number of ether oxygens (including phenoxy) is 2. The second-order valence-electron chi connectivity index (χ2n) is 6.65. The van der Waals surface area contributed by atoms with Gasteiger partial charge >= 0.3 is 6.18 Å². The minimum Gasteiger partial charge on any atom is -0.475 e. The summed E-state index contributed by atoms with van der Waals surface area (Å²) in [5.74, 6) is 0.537. The summed E-state index contributed by atoms with van der Waals surface area (Å²) >= 11 is 5.84. The molecule has 1 aromatic rings. The lowest BCUT2D eigenvalue weighted by atomic mass is 9.94. The second kappa shape index (κ2) is 10.1. The van der Waals surface area contributed by atoms with Gasteiger partial charge in [0, 0.05) is 31.4 Å². The van der Waals surface area contributed by atoms with Crippen LogP contribution in [0.3, 0.4) is 0 Å². The number of morpholine rings is 1. The Bertz CT molecular complexity index is 601. The van der Waals surface area contributed by atoms with Crippen molar-refractivity contribution in [3.05, 3.63) is 22.8 Å². The first-order chi connectivity index (χ1) is 12.4. The van der Waals surface area contributed by atoms with Crippen molar-refractivity contribution in [1.82, 2.24) is 15.6 Å². The van der Waals surface area contributed by atoms with Crippen LogP contribution in [0.25, 0.3) is 0 Å². The summed E-state index contributed by atoms with van der Waals surface area (Å²) in [6.45, 7) is 3.25. The van der Waals surface area contributed by atoms with Crippen LogP contribution in [0.5, 0.6) is 5.88 Å². The van der Waals surface area contributed by atoms with Crippen LogP contribution < -0.4 is 15.4 Å². The molecular formula is C17H24Cl2F3N3O2. The molecule has 0 spiro atoms. The van der Waals surface area contributed by atoms with Crippen LogP contribution in [-0.2, 0) is 10.9 Å². The van der Waals surface area contributed by atoms with Crippen LogP contribution in [0.1, 0.15) is 24.8 Å². The molecule has 27 heavy (non-hydrogen) atoms. The molecule has 3 atom stereocenters. The Hall–Kier alpha value is -0.800. The number of rotatable bonds is 6. The van der Waals surface area contributed by atoms with Crippen LogP contribution in [0.15, 0.2) is 12.3 Å². The Labute approximate surface area is 167 Å². The number of aromatic nitrogens is 1. The fourth-order valence-electron chi connectivity index (χ4n) is 3.66. The van der Waals surface area contributed by atoms with Gasteiger partial charge in [0.15, 0.2) is 0 Å². The minimum atomic E-state index is -4.47. The highest BCUT2D eigenvalue weighted by Crippen LogP contribution is 2.33. The third kappa shape index (κ3) is 6.09. The lowest BCUT2D eigenvalue weighted by Gasteiger charge is -2.33. The summed E-state index contributed by atoms with van der Waals surface area (Å²) in [5.41, 5.74) is -0.885. The van der Waals surface area contributed by atoms with E-state index in [0.29, 0.717) is 24.5 Å². The van der Waals surface area contributed by atoms with Gasteiger partial charge in [0.1, 0.15) is 11.6 Å². The molecule has 1 aliphatic carbocycles. The van der Waals surface area contributed by atoms with E-state index in [0.717, 1.165) is 44.9 Å². The number of pyridine rings is 1. The maximum atomic E-state index is 12.6. The first kappa shape index (κ1) is 22.5.